The van der Waals surface area contributed by atoms with Gasteiger partial charge in [-0.1, -0.05) is 12.1 Å². The molecule has 0 saturated heterocycles. The molecule has 0 fully saturated rings. The van der Waals surface area contributed by atoms with Crippen LogP contribution < -0.4 is 0 Å². The molecule has 0 spiro atoms. The average molecular weight is 337 g/mol. The summed E-state index contributed by atoms with van der Waals surface area (Å²) in [4.78, 5) is 4.36. The van der Waals surface area contributed by atoms with Crippen molar-refractivity contribution in [3.63, 3.8) is 0 Å². The Kier molecular flexibility index (Phi) is 3.81. The second-order valence-electron chi connectivity index (χ2n) is 6.52. The van der Waals surface area contributed by atoms with Crippen molar-refractivity contribution in [3.8, 4) is 0 Å². The zero-order valence-electron chi connectivity index (χ0n) is 14.3. The van der Waals surface area contributed by atoms with Crippen LogP contribution in [-0.4, -0.2) is 25.3 Å². The number of hydrogen-bond donors (Lipinski definition) is 1. The fourth-order valence-corrected chi connectivity index (χ4v) is 3.51. The molecule has 4 nitrogen and oxygen atoms in total. The molecule has 5 heteroatoms. The Balaban J connectivity index is 1.64. The van der Waals surface area contributed by atoms with Gasteiger partial charge in [-0.3, -0.25) is 0 Å². The second-order valence-corrected chi connectivity index (χ2v) is 6.52. The highest BCUT2D eigenvalue weighted by atomic mass is 19.1. The molecule has 0 aliphatic rings. The van der Waals surface area contributed by atoms with Crippen LogP contribution in [0.3, 0.4) is 0 Å². The zero-order chi connectivity index (χ0) is 17.6. The predicted octanol–water partition coefficient (Wildman–Crippen LogP) is 3.81. The molecule has 25 heavy (non-hydrogen) atoms. The summed E-state index contributed by atoms with van der Waals surface area (Å²) in [5.41, 5.74) is 4.98. The van der Waals surface area contributed by atoms with E-state index in [1.807, 2.05) is 42.7 Å². The maximum absolute atomic E-state index is 13.6. The lowest BCUT2D eigenvalue weighted by molar-refractivity contribution is 0.136. The number of rotatable bonds is 4. The van der Waals surface area contributed by atoms with Gasteiger partial charge in [0.1, 0.15) is 5.82 Å². The summed E-state index contributed by atoms with van der Waals surface area (Å²) in [7, 11) is 0. The summed E-state index contributed by atoms with van der Waals surface area (Å²) >= 11 is 0. The number of aromatic nitrogens is 3. The Morgan fingerprint density at radius 1 is 1.08 bits per heavy atom. The molecule has 4 aromatic rings. The summed E-state index contributed by atoms with van der Waals surface area (Å²) < 4.78 is 17.6. The summed E-state index contributed by atoms with van der Waals surface area (Å²) in [5, 5.41) is 11.5. The minimum atomic E-state index is -0.573. The van der Waals surface area contributed by atoms with Crippen LogP contribution in [0.1, 0.15) is 11.3 Å². The first-order valence-corrected chi connectivity index (χ1v) is 8.37. The summed E-state index contributed by atoms with van der Waals surface area (Å²) in [6.07, 6.45) is 1.19. The highest BCUT2D eigenvalue weighted by Gasteiger charge is 2.15. The molecule has 0 aliphatic heterocycles. The quantitative estimate of drug-likeness (QED) is 0.615. The molecular weight excluding hydrogens is 317 g/mol. The van der Waals surface area contributed by atoms with Crippen LogP contribution in [0.25, 0.3) is 21.9 Å². The van der Waals surface area contributed by atoms with E-state index < -0.39 is 6.10 Å². The normalized spacial score (nSPS) is 13.0. The molecule has 0 unspecified atom stereocenters. The topological polar surface area (TPSA) is 43.0 Å². The molecule has 0 aliphatic carbocycles. The molecule has 128 valence electrons. The number of imidazole rings is 1. The third-order valence-corrected chi connectivity index (χ3v) is 4.93. The van der Waals surface area contributed by atoms with Crippen molar-refractivity contribution < 1.29 is 9.50 Å². The molecule has 0 bridgehead atoms. The molecule has 1 atom stereocenters. The Morgan fingerprint density at radius 2 is 1.88 bits per heavy atom. The number of halogens is 1. The van der Waals surface area contributed by atoms with Crippen molar-refractivity contribution in [3.05, 3.63) is 65.9 Å². The zero-order valence-corrected chi connectivity index (χ0v) is 14.3. The van der Waals surface area contributed by atoms with Gasteiger partial charge in [0.2, 0.25) is 0 Å². The van der Waals surface area contributed by atoms with E-state index in [2.05, 4.69) is 9.55 Å². The fourth-order valence-electron chi connectivity index (χ4n) is 3.51. The highest BCUT2D eigenvalue weighted by molar-refractivity contribution is 5.85. The van der Waals surface area contributed by atoms with E-state index in [9.17, 15) is 9.50 Å². The lowest BCUT2D eigenvalue weighted by atomic mass is 10.1. The van der Waals surface area contributed by atoms with Gasteiger partial charge in [-0.05, 0) is 49.7 Å². The molecule has 0 radical (unpaired) electrons. The van der Waals surface area contributed by atoms with Crippen molar-refractivity contribution in [2.24, 2.45) is 0 Å². The number of nitrogens with zero attached hydrogens (tertiary/aromatic N) is 3. The standard InChI is InChI=1S/C20H20FN3O/c1-13-14(2)24(19-8-7-15(21)9-17(13)19)11-16(25)10-23-12-22-18-5-3-4-6-20(18)23/h3-9,12,16,25H,10-11H2,1-2H3/t16-/m1/s1. The van der Waals surface area contributed by atoms with Crippen molar-refractivity contribution in [2.75, 3.05) is 0 Å². The van der Waals surface area contributed by atoms with Crippen LogP contribution >= 0.6 is 0 Å². The van der Waals surface area contributed by atoms with E-state index in [-0.39, 0.29) is 5.82 Å². The number of aliphatic hydroxyl groups is 1. The van der Waals surface area contributed by atoms with Gasteiger partial charge >= 0.3 is 0 Å². The Bertz CT molecular complexity index is 1060. The lowest BCUT2D eigenvalue weighted by Gasteiger charge is -2.16. The number of benzene rings is 2. The van der Waals surface area contributed by atoms with Gasteiger partial charge in [-0.2, -0.15) is 0 Å². The van der Waals surface area contributed by atoms with Gasteiger partial charge in [0.05, 0.1) is 36.6 Å². The Morgan fingerprint density at radius 3 is 2.72 bits per heavy atom. The first kappa shape index (κ1) is 15.8. The maximum Gasteiger partial charge on any atom is 0.123 e. The maximum atomic E-state index is 13.6. The SMILES string of the molecule is Cc1c(C)n(C[C@H](O)Cn2cnc3ccccc32)c2ccc(F)cc12. The third-order valence-electron chi connectivity index (χ3n) is 4.93. The molecule has 1 N–H and O–H groups in total. The summed E-state index contributed by atoms with van der Waals surface area (Å²) in [6, 6.07) is 12.7. The largest absolute Gasteiger partial charge is 0.389 e. The molecular formula is C20H20FN3O. The fraction of sp³-hybridized carbons (Fsp3) is 0.250. The van der Waals surface area contributed by atoms with Crippen LogP contribution in [0, 0.1) is 19.7 Å². The second kappa shape index (κ2) is 6.01. The van der Waals surface area contributed by atoms with Crippen molar-refractivity contribution in [1.29, 1.82) is 0 Å². The van der Waals surface area contributed by atoms with Crippen LogP contribution in [0.15, 0.2) is 48.8 Å². The van der Waals surface area contributed by atoms with E-state index >= 15 is 0 Å². The molecule has 2 aromatic heterocycles. The molecule has 2 aromatic carbocycles. The first-order chi connectivity index (χ1) is 12.0. The number of para-hydroxylation sites is 2. The highest BCUT2D eigenvalue weighted by Crippen LogP contribution is 2.26. The third kappa shape index (κ3) is 2.70. The minimum absolute atomic E-state index is 0.238. The smallest absolute Gasteiger partial charge is 0.123 e. The van der Waals surface area contributed by atoms with Crippen LogP contribution in [0.4, 0.5) is 4.39 Å². The molecule has 4 rings (SSSR count). The average Bonchev–Trinajstić information content (AvgIpc) is 3.10. The van der Waals surface area contributed by atoms with Gasteiger partial charge in [-0.15, -0.1) is 0 Å². The van der Waals surface area contributed by atoms with Gasteiger partial charge in [0, 0.05) is 16.6 Å². The Labute approximate surface area is 145 Å². The van der Waals surface area contributed by atoms with Gasteiger partial charge in [-0.25, -0.2) is 9.37 Å². The van der Waals surface area contributed by atoms with E-state index in [1.54, 1.807) is 18.5 Å². The molecule has 0 saturated carbocycles. The molecule has 0 amide bonds. The van der Waals surface area contributed by atoms with Crippen molar-refractivity contribution in [2.45, 2.75) is 33.0 Å². The number of fused-ring (bicyclic) bond motifs is 2. The summed E-state index contributed by atoms with van der Waals surface area (Å²) in [6.45, 7) is 4.91. The number of aliphatic hydroxyl groups excluding tert-OH is 1. The predicted molar refractivity (Wildman–Crippen MR) is 97.1 cm³/mol. The lowest BCUT2D eigenvalue weighted by Crippen LogP contribution is -2.22. The first-order valence-electron chi connectivity index (χ1n) is 8.37. The van der Waals surface area contributed by atoms with Crippen LogP contribution in [0.2, 0.25) is 0 Å². The van der Waals surface area contributed by atoms with E-state index in [4.69, 9.17) is 0 Å². The van der Waals surface area contributed by atoms with Crippen molar-refractivity contribution in [1.82, 2.24) is 14.1 Å². The number of hydrogen-bond acceptors (Lipinski definition) is 2. The molecule has 2 heterocycles. The van der Waals surface area contributed by atoms with Gasteiger partial charge < -0.3 is 14.2 Å². The summed E-state index contributed by atoms with van der Waals surface area (Å²) in [5.74, 6) is -0.238. The van der Waals surface area contributed by atoms with Crippen LogP contribution in [0.5, 0.6) is 0 Å². The van der Waals surface area contributed by atoms with Crippen LogP contribution in [-0.2, 0) is 13.1 Å². The monoisotopic (exact) mass is 337 g/mol. The van der Waals surface area contributed by atoms with E-state index in [0.29, 0.717) is 13.1 Å². The van der Waals surface area contributed by atoms with Crippen molar-refractivity contribution >= 4 is 21.9 Å². The minimum Gasteiger partial charge on any atom is -0.389 e. The van der Waals surface area contributed by atoms with Gasteiger partial charge in [0.25, 0.3) is 0 Å². The van der Waals surface area contributed by atoms with E-state index in [0.717, 1.165) is 33.2 Å². The van der Waals surface area contributed by atoms with E-state index in [1.165, 1.54) is 6.07 Å². The van der Waals surface area contributed by atoms with Gasteiger partial charge in [0.15, 0.2) is 0 Å². The Hall–Kier alpha value is -2.66. The number of aryl methyl sites for hydroxylation is 1.